The number of rotatable bonds is 6. The Kier molecular flexibility index (Phi) is 5.37. The first-order chi connectivity index (χ1) is 12.9. The number of benzene rings is 2. The van der Waals surface area contributed by atoms with E-state index in [1.54, 1.807) is 6.07 Å². The quantitative estimate of drug-likeness (QED) is 0.655. The maximum atomic E-state index is 13.6. The monoisotopic (exact) mass is 367 g/mol. The molecule has 6 heteroatoms. The number of likely N-dealkylation sites (N-methyl/N-ethyl adjacent to an activating group) is 1. The summed E-state index contributed by atoms with van der Waals surface area (Å²) >= 11 is 0. The molecule has 0 saturated heterocycles. The molecule has 0 radical (unpaired) electrons. The largest absolute Gasteiger partial charge is 0.351 e. The second kappa shape index (κ2) is 7.72. The van der Waals surface area contributed by atoms with Crippen molar-refractivity contribution in [1.82, 2.24) is 15.2 Å². The highest BCUT2D eigenvalue weighted by molar-refractivity contribution is 6.15. The third-order valence-electron chi connectivity index (χ3n) is 4.60. The first kappa shape index (κ1) is 18.8. The number of H-pyrrole nitrogens is 1. The molecule has 1 atom stereocenters. The molecule has 0 aliphatic rings. The third kappa shape index (κ3) is 3.90. The van der Waals surface area contributed by atoms with E-state index in [0.29, 0.717) is 16.6 Å². The number of hydrogen-bond acceptors (Lipinski definition) is 3. The number of ketones is 1. The van der Waals surface area contributed by atoms with Crippen LogP contribution in [0, 0.1) is 5.82 Å². The molecule has 1 unspecified atom stereocenters. The minimum atomic E-state index is -0.332. The molecule has 0 aliphatic carbocycles. The fourth-order valence-corrected chi connectivity index (χ4v) is 3.23. The molecule has 0 aliphatic heterocycles. The molecule has 0 spiro atoms. The molecular weight excluding hydrogens is 345 g/mol. The van der Waals surface area contributed by atoms with Gasteiger partial charge in [0.05, 0.1) is 17.3 Å². The Labute approximate surface area is 157 Å². The van der Waals surface area contributed by atoms with Crippen LogP contribution >= 0.6 is 0 Å². The summed E-state index contributed by atoms with van der Waals surface area (Å²) in [4.78, 5) is 29.8. The molecule has 1 amide bonds. The van der Waals surface area contributed by atoms with Crippen molar-refractivity contribution >= 4 is 22.6 Å². The Morgan fingerprint density at radius 2 is 1.89 bits per heavy atom. The van der Waals surface area contributed by atoms with E-state index >= 15 is 0 Å². The maximum Gasteiger partial charge on any atom is 0.254 e. The number of nitrogens with one attached hydrogen (secondary N) is 2. The van der Waals surface area contributed by atoms with Crippen LogP contribution in [0.5, 0.6) is 0 Å². The number of nitrogens with zero attached hydrogens (tertiary/aromatic N) is 1. The third-order valence-corrected chi connectivity index (χ3v) is 4.60. The number of hydrogen-bond donors (Lipinski definition) is 2. The lowest BCUT2D eigenvalue weighted by Crippen LogP contribution is -2.35. The highest BCUT2D eigenvalue weighted by Gasteiger charge is 2.22. The minimum absolute atomic E-state index is 0.198. The van der Waals surface area contributed by atoms with Crippen molar-refractivity contribution < 1.29 is 14.0 Å². The summed E-state index contributed by atoms with van der Waals surface area (Å²) in [6.07, 6.45) is 0. The van der Waals surface area contributed by atoms with Crippen LogP contribution in [0.1, 0.15) is 39.4 Å². The molecule has 0 saturated carbocycles. The van der Waals surface area contributed by atoms with E-state index in [4.69, 9.17) is 0 Å². The van der Waals surface area contributed by atoms with Gasteiger partial charge in [-0.3, -0.25) is 9.59 Å². The number of amides is 1. The van der Waals surface area contributed by atoms with Crippen molar-refractivity contribution in [3.05, 3.63) is 71.2 Å². The summed E-state index contributed by atoms with van der Waals surface area (Å²) < 4.78 is 13.6. The van der Waals surface area contributed by atoms with Gasteiger partial charge in [-0.05, 0) is 37.9 Å². The SMILES string of the molecule is CC(=O)c1[nH]c2ccccc2c1C(=O)NCC(c1cccc(F)c1)N(C)C. The lowest BCUT2D eigenvalue weighted by molar-refractivity contribution is 0.0929. The van der Waals surface area contributed by atoms with Gasteiger partial charge in [0.25, 0.3) is 5.91 Å². The van der Waals surface area contributed by atoms with Gasteiger partial charge in [0.1, 0.15) is 5.82 Å². The number of halogens is 1. The van der Waals surface area contributed by atoms with Crippen molar-refractivity contribution in [3.63, 3.8) is 0 Å². The van der Waals surface area contributed by atoms with Crippen LogP contribution in [0.3, 0.4) is 0 Å². The minimum Gasteiger partial charge on any atom is -0.351 e. The molecule has 27 heavy (non-hydrogen) atoms. The van der Waals surface area contributed by atoms with E-state index in [-0.39, 0.29) is 30.1 Å². The van der Waals surface area contributed by atoms with Gasteiger partial charge in [-0.2, -0.15) is 0 Å². The predicted molar refractivity (Wildman–Crippen MR) is 103 cm³/mol. The molecule has 2 N–H and O–H groups in total. The first-order valence-electron chi connectivity index (χ1n) is 8.70. The van der Waals surface area contributed by atoms with Gasteiger partial charge < -0.3 is 15.2 Å². The smallest absolute Gasteiger partial charge is 0.254 e. The van der Waals surface area contributed by atoms with Crippen molar-refractivity contribution in [2.75, 3.05) is 20.6 Å². The van der Waals surface area contributed by atoms with Gasteiger partial charge in [0.15, 0.2) is 5.78 Å². The zero-order chi connectivity index (χ0) is 19.6. The van der Waals surface area contributed by atoms with Crippen LogP contribution in [0.25, 0.3) is 10.9 Å². The molecule has 2 aromatic carbocycles. The number of para-hydroxylation sites is 1. The Morgan fingerprint density at radius 1 is 1.15 bits per heavy atom. The number of Topliss-reactive ketones (excluding diaryl/α,β-unsaturated/α-hetero) is 1. The summed E-state index contributed by atoms with van der Waals surface area (Å²) in [5.74, 6) is -0.854. The fourth-order valence-electron chi connectivity index (χ4n) is 3.23. The number of carbonyl (C=O) groups excluding carboxylic acids is 2. The first-order valence-corrected chi connectivity index (χ1v) is 8.70. The Bertz CT molecular complexity index is 994. The average Bonchev–Trinajstić information content (AvgIpc) is 3.01. The van der Waals surface area contributed by atoms with E-state index in [2.05, 4.69) is 10.3 Å². The molecular formula is C21H22FN3O2. The highest BCUT2D eigenvalue weighted by atomic mass is 19.1. The molecule has 3 aromatic rings. The van der Waals surface area contributed by atoms with Crippen LogP contribution in [0.15, 0.2) is 48.5 Å². The maximum absolute atomic E-state index is 13.6. The topological polar surface area (TPSA) is 65.2 Å². The predicted octanol–water partition coefficient (Wildman–Crippen LogP) is 3.54. The number of carbonyl (C=O) groups is 2. The van der Waals surface area contributed by atoms with Gasteiger partial charge in [0, 0.05) is 24.4 Å². The standard InChI is InChI=1S/C21H22FN3O2/c1-13(26)20-19(16-9-4-5-10-17(16)24-20)21(27)23-12-18(25(2)3)14-7-6-8-15(22)11-14/h4-11,18,24H,12H2,1-3H3,(H,23,27). The van der Waals surface area contributed by atoms with Crippen molar-refractivity contribution in [2.45, 2.75) is 13.0 Å². The van der Waals surface area contributed by atoms with E-state index < -0.39 is 0 Å². The molecule has 0 fully saturated rings. The lowest BCUT2D eigenvalue weighted by atomic mass is 10.0. The van der Waals surface area contributed by atoms with Crippen LogP contribution in [-0.2, 0) is 0 Å². The fraction of sp³-hybridized carbons (Fsp3) is 0.238. The van der Waals surface area contributed by atoms with Crippen molar-refractivity contribution in [1.29, 1.82) is 0 Å². The highest BCUT2D eigenvalue weighted by Crippen LogP contribution is 2.24. The summed E-state index contributed by atoms with van der Waals surface area (Å²) in [5.41, 5.74) is 2.14. The van der Waals surface area contributed by atoms with Crippen LogP contribution in [-0.4, -0.2) is 42.2 Å². The van der Waals surface area contributed by atoms with Crippen molar-refractivity contribution in [3.8, 4) is 0 Å². The second-order valence-corrected chi connectivity index (χ2v) is 6.72. The zero-order valence-corrected chi connectivity index (χ0v) is 15.5. The van der Waals surface area contributed by atoms with E-state index in [9.17, 15) is 14.0 Å². The Morgan fingerprint density at radius 3 is 2.56 bits per heavy atom. The molecule has 1 aromatic heterocycles. The molecule has 1 heterocycles. The second-order valence-electron chi connectivity index (χ2n) is 6.72. The lowest BCUT2D eigenvalue weighted by Gasteiger charge is -2.25. The Hall–Kier alpha value is -2.99. The Balaban J connectivity index is 1.88. The average molecular weight is 367 g/mol. The van der Waals surface area contributed by atoms with E-state index in [1.807, 2.05) is 49.3 Å². The number of aromatic nitrogens is 1. The van der Waals surface area contributed by atoms with Gasteiger partial charge in [-0.25, -0.2) is 4.39 Å². The summed E-state index contributed by atoms with van der Waals surface area (Å²) in [7, 11) is 3.74. The van der Waals surface area contributed by atoms with Crippen LogP contribution in [0.2, 0.25) is 0 Å². The molecule has 0 bridgehead atoms. The summed E-state index contributed by atoms with van der Waals surface area (Å²) in [5, 5.41) is 3.60. The van der Waals surface area contributed by atoms with Gasteiger partial charge >= 0.3 is 0 Å². The van der Waals surface area contributed by atoms with Gasteiger partial charge in [0.2, 0.25) is 0 Å². The van der Waals surface area contributed by atoms with E-state index in [0.717, 1.165) is 11.1 Å². The van der Waals surface area contributed by atoms with Crippen LogP contribution < -0.4 is 5.32 Å². The van der Waals surface area contributed by atoms with Crippen molar-refractivity contribution in [2.24, 2.45) is 0 Å². The van der Waals surface area contributed by atoms with Gasteiger partial charge in [-0.15, -0.1) is 0 Å². The zero-order valence-electron chi connectivity index (χ0n) is 15.5. The normalized spacial score (nSPS) is 12.3. The number of fused-ring (bicyclic) bond motifs is 1. The van der Waals surface area contributed by atoms with Gasteiger partial charge in [-0.1, -0.05) is 30.3 Å². The number of aromatic amines is 1. The summed E-state index contributed by atoms with van der Waals surface area (Å²) in [6, 6.07) is 13.4. The van der Waals surface area contributed by atoms with E-state index in [1.165, 1.54) is 19.1 Å². The van der Waals surface area contributed by atoms with Crippen LogP contribution in [0.4, 0.5) is 4.39 Å². The summed E-state index contributed by atoms with van der Waals surface area (Å²) in [6.45, 7) is 1.71. The molecule has 5 nitrogen and oxygen atoms in total. The molecule has 3 rings (SSSR count). The molecule has 140 valence electrons.